The van der Waals surface area contributed by atoms with Crippen LogP contribution >= 0.6 is 0 Å². The molecule has 0 aliphatic carbocycles. The molecule has 0 fully saturated rings. The summed E-state index contributed by atoms with van der Waals surface area (Å²) in [6, 6.07) is 8.30. The lowest BCUT2D eigenvalue weighted by atomic mass is 10.1. The van der Waals surface area contributed by atoms with E-state index < -0.39 is 0 Å². The number of Topliss-reactive ketones (excluding diaryl/α,β-unsaturated/α-hetero) is 1. The number of rotatable bonds is 8. The maximum Gasteiger partial charge on any atom is 0.176 e. The summed E-state index contributed by atoms with van der Waals surface area (Å²) in [5.41, 5.74) is 2.02. The first kappa shape index (κ1) is 15.9. The van der Waals surface area contributed by atoms with Crippen LogP contribution in [-0.4, -0.2) is 29.8 Å². The Balaban J connectivity index is 2.58. The molecule has 19 heavy (non-hydrogen) atoms. The van der Waals surface area contributed by atoms with Crippen molar-refractivity contribution >= 4 is 5.78 Å². The Hall–Kier alpha value is -1.15. The van der Waals surface area contributed by atoms with Gasteiger partial charge in [0.05, 0.1) is 6.54 Å². The predicted molar refractivity (Wildman–Crippen MR) is 81.7 cm³/mol. The Labute approximate surface area is 117 Å². The van der Waals surface area contributed by atoms with E-state index in [1.54, 1.807) is 0 Å². The highest BCUT2D eigenvalue weighted by Crippen LogP contribution is 2.08. The van der Waals surface area contributed by atoms with E-state index in [-0.39, 0.29) is 5.78 Å². The molecule has 0 heterocycles. The standard InChI is InChI=1S/C17H27NO/c1-5-6-7-12-18(14(2)3)13-17(19)16-10-8-15(4)9-11-16/h8-11,14H,5-7,12-13H2,1-4H3. The summed E-state index contributed by atoms with van der Waals surface area (Å²) in [5.74, 6) is 0.227. The maximum absolute atomic E-state index is 12.3. The molecule has 0 aromatic heterocycles. The van der Waals surface area contributed by atoms with Crippen LogP contribution in [0.4, 0.5) is 0 Å². The molecule has 0 saturated carbocycles. The molecule has 1 aromatic carbocycles. The molecule has 0 N–H and O–H groups in total. The minimum atomic E-state index is 0.227. The number of benzene rings is 1. The average Bonchev–Trinajstić information content (AvgIpc) is 2.38. The quantitative estimate of drug-likeness (QED) is 0.519. The second-order valence-corrected chi connectivity index (χ2v) is 5.56. The van der Waals surface area contributed by atoms with Gasteiger partial charge in [-0.3, -0.25) is 9.69 Å². The topological polar surface area (TPSA) is 20.3 Å². The Morgan fingerprint density at radius 2 is 1.79 bits per heavy atom. The van der Waals surface area contributed by atoms with Gasteiger partial charge in [0.25, 0.3) is 0 Å². The molecule has 0 unspecified atom stereocenters. The molecule has 2 heteroatoms. The van der Waals surface area contributed by atoms with Crippen LogP contribution in [-0.2, 0) is 0 Å². The van der Waals surface area contributed by atoms with E-state index in [1.807, 2.05) is 31.2 Å². The maximum atomic E-state index is 12.3. The molecule has 0 bridgehead atoms. The van der Waals surface area contributed by atoms with Crippen molar-refractivity contribution in [2.75, 3.05) is 13.1 Å². The van der Waals surface area contributed by atoms with Gasteiger partial charge in [0.2, 0.25) is 0 Å². The Morgan fingerprint density at radius 3 is 2.32 bits per heavy atom. The SMILES string of the molecule is CCCCCN(CC(=O)c1ccc(C)cc1)C(C)C. The van der Waals surface area contributed by atoms with Gasteiger partial charge < -0.3 is 0 Å². The minimum absolute atomic E-state index is 0.227. The molecular formula is C17H27NO. The number of carbonyl (C=O) groups excluding carboxylic acids is 1. The van der Waals surface area contributed by atoms with Crippen molar-refractivity contribution < 1.29 is 4.79 Å². The highest BCUT2D eigenvalue weighted by atomic mass is 16.1. The van der Waals surface area contributed by atoms with Crippen molar-refractivity contribution in [2.24, 2.45) is 0 Å². The van der Waals surface area contributed by atoms with E-state index >= 15 is 0 Å². The first-order chi connectivity index (χ1) is 9.04. The highest BCUT2D eigenvalue weighted by molar-refractivity contribution is 5.97. The van der Waals surface area contributed by atoms with Gasteiger partial charge in [0.15, 0.2) is 5.78 Å². The predicted octanol–water partition coefficient (Wildman–Crippen LogP) is 4.08. The van der Waals surface area contributed by atoms with Crippen molar-refractivity contribution in [2.45, 2.75) is 53.0 Å². The lowest BCUT2D eigenvalue weighted by Crippen LogP contribution is -2.36. The van der Waals surface area contributed by atoms with E-state index in [0.29, 0.717) is 12.6 Å². The third-order valence-corrected chi connectivity index (χ3v) is 3.50. The molecule has 1 aromatic rings. The van der Waals surface area contributed by atoms with Crippen LogP contribution in [0.15, 0.2) is 24.3 Å². The Morgan fingerprint density at radius 1 is 1.16 bits per heavy atom. The fraction of sp³-hybridized carbons (Fsp3) is 0.588. The summed E-state index contributed by atoms with van der Waals surface area (Å²) in [7, 11) is 0. The average molecular weight is 261 g/mol. The first-order valence-electron chi connectivity index (χ1n) is 7.38. The number of aryl methyl sites for hydroxylation is 1. The summed E-state index contributed by atoms with van der Waals surface area (Å²) < 4.78 is 0. The summed E-state index contributed by atoms with van der Waals surface area (Å²) in [6.07, 6.45) is 3.63. The second kappa shape index (κ2) is 8.11. The number of ketones is 1. The van der Waals surface area contributed by atoms with Gasteiger partial charge in [0.1, 0.15) is 0 Å². The van der Waals surface area contributed by atoms with Crippen molar-refractivity contribution in [3.8, 4) is 0 Å². The zero-order chi connectivity index (χ0) is 14.3. The number of carbonyl (C=O) groups is 1. The van der Waals surface area contributed by atoms with Gasteiger partial charge in [-0.25, -0.2) is 0 Å². The minimum Gasteiger partial charge on any atom is -0.293 e. The molecule has 0 saturated heterocycles. The molecule has 106 valence electrons. The number of nitrogens with zero attached hydrogens (tertiary/aromatic N) is 1. The molecule has 2 nitrogen and oxygen atoms in total. The Bertz CT molecular complexity index is 381. The molecule has 0 spiro atoms. The zero-order valence-electron chi connectivity index (χ0n) is 12.8. The van der Waals surface area contributed by atoms with Crippen molar-refractivity contribution in [1.29, 1.82) is 0 Å². The zero-order valence-corrected chi connectivity index (χ0v) is 12.8. The van der Waals surface area contributed by atoms with Crippen LogP contribution < -0.4 is 0 Å². The third-order valence-electron chi connectivity index (χ3n) is 3.50. The molecule has 1 rings (SSSR count). The van der Waals surface area contributed by atoms with Gasteiger partial charge in [0, 0.05) is 11.6 Å². The van der Waals surface area contributed by atoms with Crippen LogP contribution in [0.2, 0.25) is 0 Å². The van der Waals surface area contributed by atoms with Gasteiger partial charge in [-0.2, -0.15) is 0 Å². The summed E-state index contributed by atoms with van der Waals surface area (Å²) >= 11 is 0. The Kier molecular flexibility index (Phi) is 6.79. The van der Waals surface area contributed by atoms with Crippen LogP contribution in [0.25, 0.3) is 0 Å². The second-order valence-electron chi connectivity index (χ2n) is 5.56. The first-order valence-corrected chi connectivity index (χ1v) is 7.38. The van der Waals surface area contributed by atoms with E-state index in [9.17, 15) is 4.79 Å². The molecule has 0 amide bonds. The highest BCUT2D eigenvalue weighted by Gasteiger charge is 2.14. The van der Waals surface area contributed by atoms with E-state index in [1.165, 1.54) is 24.8 Å². The van der Waals surface area contributed by atoms with Crippen LogP contribution in [0.5, 0.6) is 0 Å². The van der Waals surface area contributed by atoms with Gasteiger partial charge in [-0.1, -0.05) is 49.6 Å². The molecule has 0 aliphatic rings. The number of hydrogen-bond acceptors (Lipinski definition) is 2. The van der Waals surface area contributed by atoms with E-state index in [4.69, 9.17) is 0 Å². The summed E-state index contributed by atoms with van der Waals surface area (Å²) in [6.45, 7) is 10.1. The fourth-order valence-electron chi connectivity index (χ4n) is 2.10. The molecule has 0 aliphatic heterocycles. The van der Waals surface area contributed by atoms with Crippen molar-refractivity contribution in [1.82, 2.24) is 4.90 Å². The fourth-order valence-corrected chi connectivity index (χ4v) is 2.10. The third kappa shape index (κ3) is 5.56. The van der Waals surface area contributed by atoms with E-state index in [2.05, 4.69) is 25.7 Å². The van der Waals surface area contributed by atoms with Crippen LogP contribution in [0, 0.1) is 6.92 Å². The summed E-state index contributed by atoms with van der Waals surface area (Å²) in [5, 5.41) is 0. The molecular weight excluding hydrogens is 234 g/mol. The lowest BCUT2D eigenvalue weighted by molar-refractivity contribution is 0.0904. The van der Waals surface area contributed by atoms with Gasteiger partial charge in [-0.05, 0) is 33.7 Å². The van der Waals surface area contributed by atoms with Crippen molar-refractivity contribution in [3.05, 3.63) is 35.4 Å². The van der Waals surface area contributed by atoms with Crippen LogP contribution in [0.3, 0.4) is 0 Å². The van der Waals surface area contributed by atoms with E-state index in [0.717, 1.165) is 12.1 Å². The number of hydrogen-bond donors (Lipinski definition) is 0. The normalized spacial score (nSPS) is 11.3. The van der Waals surface area contributed by atoms with Crippen molar-refractivity contribution in [3.63, 3.8) is 0 Å². The largest absolute Gasteiger partial charge is 0.293 e. The molecule has 0 atom stereocenters. The van der Waals surface area contributed by atoms with Crippen LogP contribution in [0.1, 0.15) is 56.0 Å². The van der Waals surface area contributed by atoms with Gasteiger partial charge >= 0.3 is 0 Å². The monoisotopic (exact) mass is 261 g/mol. The lowest BCUT2D eigenvalue weighted by Gasteiger charge is -2.25. The van der Waals surface area contributed by atoms with Gasteiger partial charge in [-0.15, -0.1) is 0 Å². The molecule has 0 radical (unpaired) electrons. The summed E-state index contributed by atoms with van der Waals surface area (Å²) in [4.78, 5) is 14.5. The smallest absolute Gasteiger partial charge is 0.176 e. The number of unbranched alkanes of at least 4 members (excludes halogenated alkanes) is 2.